The van der Waals surface area contributed by atoms with Gasteiger partial charge < -0.3 is 10.1 Å². The van der Waals surface area contributed by atoms with Crippen molar-refractivity contribution in [3.63, 3.8) is 0 Å². The molecule has 2 aromatic carbocycles. The molecule has 1 N–H and O–H groups in total. The number of halogens is 2. The summed E-state index contributed by atoms with van der Waals surface area (Å²) in [6.07, 6.45) is 1.16. The number of aryl methyl sites for hydroxylation is 1. The van der Waals surface area contributed by atoms with Crippen LogP contribution in [0, 0.1) is 18.6 Å². The molecule has 2 aromatic rings. The van der Waals surface area contributed by atoms with Gasteiger partial charge in [0.15, 0.2) is 0 Å². The first-order valence-corrected chi connectivity index (χ1v) is 10.9. The van der Waals surface area contributed by atoms with Crippen LogP contribution in [0.25, 0.3) is 0 Å². The maximum Gasteiger partial charge on any atom is 0.232 e. The number of carbonyl (C=O) groups excluding carboxylic acids is 1. The fourth-order valence-corrected chi connectivity index (χ4v) is 3.66. The van der Waals surface area contributed by atoms with Gasteiger partial charge in [-0.05, 0) is 37.1 Å². The Bertz CT molecular complexity index is 951. The molecule has 0 fully saturated rings. The van der Waals surface area contributed by atoms with E-state index in [1.54, 1.807) is 0 Å². The van der Waals surface area contributed by atoms with Crippen molar-refractivity contribution in [3.05, 3.63) is 59.7 Å². The Kier molecular flexibility index (Phi) is 7.95. The van der Waals surface area contributed by atoms with Crippen molar-refractivity contribution in [2.45, 2.75) is 19.8 Å². The summed E-state index contributed by atoms with van der Waals surface area (Å²) >= 11 is 0. The molecule has 1 amide bonds. The van der Waals surface area contributed by atoms with Crippen LogP contribution in [0.1, 0.15) is 18.4 Å². The van der Waals surface area contributed by atoms with Crippen LogP contribution in [-0.4, -0.2) is 40.3 Å². The Morgan fingerprint density at radius 2 is 1.90 bits per heavy atom. The molecule has 0 heterocycles. The standard InChI is InChI=1S/C20H24F2N2O4S/c1-15-6-3-4-7-19(15)28-13-11-23-20(25)8-5-12-24(29(2,26)27)18-10-9-16(21)14-17(18)22/h3-4,6-7,9-10,14H,5,8,11-13H2,1-2H3,(H,23,25). The molecule has 29 heavy (non-hydrogen) atoms. The number of hydrogen-bond acceptors (Lipinski definition) is 4. The SMILES string of the molecule is Cc1ccccc1OCCNC(=O)CCCN(c1ccc(F)cc1F)S(C)(=O)=O. The molecule has 0 saturated carbocycles. The lowest BCUT2D eigenvalue weighted by molar-refractivity contribution is -0.121. The van der Waals surface area contributed by atoms with Crippen molar-refractivity contribution in [1.82, 2.24) is 5.32 Å². The first kappa shape index (κ1) is 22.6. The number of anilines is 1. The average Bonchev–Trinajstić information content (AvgIpc) is 2.63. The van der Waals surface area contributed by atoms with E-state index in [0.29, 0.717) is 19.2 Å². The van der Waals surface area contributed by atoms with Gasteiger partial charge in [-0.25, -0.2) is 17.2 Å². The summed E-state index contributed by atoms with van der Waals surface area (Å²) in [6.45, 7) is 2.42. The molecule has 6 nitrogen and oxygen atoms in total. The summed E-state index contributed by atoms with van der Waals surface area (Å²) in [4.78, 5) is 11.9. The number of sulfonamides is 1. The molecule has 0 unspecified atom stereocenters. The van der Waals surface area contributed by atoms with Crippen LogP contribution in [0.15, 0.2) is 42.5 Å². The van der Waals surface area contributed by atoms with Gasteiger partial charge in [-0.1, -0.05) is 18.2 Å². The van der Waals surface area contributed by atoms with E-state index >= 15 is 0 Å². The van der Waals surface area contributed by atoms with Gasteiger partial charge in [-0.3, -0.25) is 9.10 Å². The maximum absolute atomic E-state index is 14.0. The van der Waals surface area contributed by atoms with Crippen LogP contribution in [-0.2, 0) is 14.8 Å². The van der Waals surface area contributed by atoms with Gasteiger partial charge in [0.25, 0.3) is 0 Å². The number of benzene rings is 2. The minimum Gasteiger partial charge on any atom is -0.491 e. The molecular formula is C20H24F2N2O4S. The van der Waals surface area contributed by atoms with E-state index in [1.807, 2.05) is 31.2 Å². The zero-order valence-electron chi connectivity index (χ0n) is 16.3. The molecular weight excluding hydrogens is 402 g/mol. The summed E-state index contributed by atoms with van der Waals surface area (Å²) in [6, 6.07) is 10.2. The largest absolute Gasteiger partial charge is 0.491 e. The molecule has 158 valence electrons. The number of carbonyl (C=O) groups is 1. The minimum absolute atomic E-state index is 0.0548. The normalized spacial score (nSPS) is 11.2. The first-order chi connectivity index (χ1) is 13.7. The van der Waals surface area contributed by atoms with Crippen LogP contribution in [0.4, 0.5) is 14.5 Å². The van der Waals surface area contributed by atoms with Gasteiger partial charge in [-0.15, -0.1) is 0 Å². The first-order valence-electron chi connectivity index (χ1n) is 9.06. The molecule has 0 bridgehead atoms. The number of para-hydroxylation sites is 1. The molecule has 0 spiro atoms. The summed E-state index contributed by atoms with van der Waals surface area (Å²) < 4.78 is 57.4. The van der Waals surface area contributed by atoms with E-state index in [2.05, 4.69) is 5.32 Å². The van der Waals surface area contributed by atoms with E-state index in [-0.39, 0.29) is 31.0 Å². The van der Waals surface area contributed by atoms with Crippen LogP contribution < -0.4 is 14.4 Å². The number of nitrogens with one attached hydrogen (secondary N) is 1. The summed E-state index contributed by atoms with van der Waals surface area (Å²) in [5.74, 6) is -1.31. The van der Waals surface area contributed by atoms with E-state index < -0.39 is 21.7 Å². The molecule has 2 rings (SSSR count). The van der Waals surface area contributed by atoms with Crippen molar-refractivity contribution in [1.29, 1.82) is 0 Å². The number of nitrogens with zero attached hydrogens (tertiary/aromatic N) is 1. The number of rotatable bonds is 10. The molecule has 0 atom stereocenters. The van der Waals surface area contributed by atoms with Gasteiger partial charge in [-0.2, -0.15) is 0 Å². The Balaban J connectivity index is 1.80. The van der Waals surface area contributed by atoms with Crippen LogP contribution in [0.2, 0.25) is 0 Å². The zero-order chi connectivity index (χ0) is 21.4. The Hall–Kier alpha value is -2.68. The number of ether oxygens (including phenoxy) is 1. The maximum atomic E-state index is 14.0. The zero-order valence-corrected chi connectivity index (χ0v) is 17.1. The highest BCUT2D eigenvalue weighted by Gasteiger charge is 2.21. The van der Waals surface area contributed by atoms with Crippen molar-refractivity contribution < 1.29 is 26.7 Å². The van der Waals surface area contributed by atoms with Crippen molar-refractivity contribution >= 4 is 21.6 Å². The number of hydrogen-bond donors (Lipinski definition) is 1. The van der Waals surface area contributed by atoms with E-state index in [0.717, 1.165) is 34.0 Å². The van der Waals surface area contributed by atoms with Crippen LogP contribution >= 0.6 is 0 Å². The minimum atomic E-state index is -3.79. The Morgan fingerprint density at radius 3 is 2.55 bits per heavy atom. The second-order valence-electron chi connectivity index (χ2n) is 6.50. The Labute approximate surface area is 169 Å². The quantitative estimate of drug-likeness (QED) is 0.593. The third kappa shape index (κ3) is 7.01. The van der Waals surface area contributed by atoms with Gasteiger partial charge >= 0.3 is 0 Å². The number of amides is 1. The monoisotopic (exact) mass is 426 g/mol. The average molecular weight is 426 g/mol. The predicted molar refractivity (Wildman–Crippen MR) is 107 cm³/mol. The fraction of sp³-hybridized carbons (Fsp3) is 0.350. The van der Waals surface area contributed by atoms with Crippen molar-refractivity contribution in [2.24, 2.45) is 0 Å². The molecule has 0 radical (unpaired) electrons. The fourth-order valence-electron chi connectivity index (χ4n) is 2.69. The molecule has 9 heteroatoms. The molecule has 0 aromatic heterocycles. The van der Waals surface area contributed by atoms with E-state index in [4.69, 9.17) is 4.74 Å². The molecule has 0 saturated heterocycles. The highest BCUT2D eigenvalue weighted by Crippen LogP contribution is 2.23. The smallest absolute Gasteiger partial charge is 0.232 e. The topological polar surface area (TPSA) is 75.7 Å². The summed E-state index contributed by atoms with van der Waals surface area (Å²) in [7, 11) is -3.79. The van der Waals surface area contributed by atoms with E-state index in [9.17, 15) is 22.0 Å². The van der Waals surface area contributed by atoms with Gasteiger partial charge in [0, 0.05) is 19.0 Å². The Morgan fingerprint density at radius 1 is 1.17 bits per heavy atom. The van der Waals surface area contributed by atoms with Crippen molar-refractivity contribution in [3.8, 4) is 5.75 Å². The summed E-state index contributed by atoms with van der Waals surface area (Å²) in [5.41, 5.74) is 0.744. The van der Waals surface area contributed by atoms with Crippen molar-refractivity contribution in [2.75, 3.05) is 30.3 Å². The van der Waals surface area contributed by atoms with Gasteiger partial charge in [0.05, 0.1) is 18.5 Å². The van der Waals surface area contributed by atoms with Gasteiger partial charge in [0.2, 0.25) is 15.9 Å². The van der Waals surface area contributed by atoms with E-state index in [1.165, 1.54) is 0 Å². The van der Waals surface area contributed by atoms with Gasteiger partial charge in [0.1, 0.15) is 24.0 Å². The second kappa shape index (κ2) is 10.2. The second-order valence-corrected chi connectivity index (χ2v) is 8.41. The van der Waals surface area contributed by atoms with Crippen LogP contribution in [0.5, 0.6) is 5.75 Å². The summed E-state index contributed by atoms with van der Waals surface area (Å²) in [5, 5.41) is 2.69. The molecule has 0 aliphatic carbocycles. The third-order valence-corrected chi connectivity index (χ3v) is 5.30. The molecule has 0 aliphatic rings. The third-order valence-electron chi connectivity index (χ3n) is 4.12. The lowest BCUT2D eigenvalue weighted by Crippen LogP contribution is -2.33. The predicted octanol–water partition coefficient (Wildman–Crippen LogP) is 3.01. The van der Waals surface area contributed by atoms with Crippen LogP contribution in [0.3, 0.4) is 0 Å². The lowest BCUT2D eigenvalue weighted by Gasteiger charge is -2.22. The lowest BCUT2D eigenvalue weighted by atomic mass is 10.2. The highest BCUT2D eigenvalue weighted by atomic mass is 32.2. The highest BCUT2D eigenvalue weighted by molar-refractivity contribution is 7.92. The molecule has 0 aliphatic heterocycles.